The van der Waals surface area contributed by atoms with Crippen LogP contribution in [0.2, 0.25) is 0 Å². The van der Waals surface area contributed by atoms with Gasteiger partial charge in [-0.2, -0.15) is 5.10 Å². The minimum Gasteiger partial charge on any atom is -0.383 e. The lowest BCUT2D eigenvalue weighted by Gasteiger charge is -2.22. The fraction of sp³-hybridized carbons (Fsp3) is 0.412. The van der Waals surface area contributed by atoms with Crippen molar-refractivity contribution in [3.63, 3.8) is 0 Å². The third kappa shape index (κ3) is 4.32. The molecule has 0 aliphatic carbocycles. The van der Waals surface area contributed by atoms with E-state index in [2.05, 4.69) is 15.7 Å². The second-order valence-electron chi connectivity index (χ2n) is 6.07. The smallest absolute Gasteiger partial charge is 0.239 e. The van der Waals surface area contributed by atoms with Crippen LogP contribution in [-0.2, 0) is 17.4 Å². The number of carbonyl (C=O) groups is 1. The predicted octanol–water partition coefficient (Wildman–Crippen LogP) is 1.47. The molecule has 6 nitrogen and oxygen atoms in total. The second kappa shape index (κ2) is 6.83. The molecule has 1 aromatic heterocycles. The molecular formula is C17H24N4O2. The molecule has 1 atom stereocenters. The number of nitrogens with zero attached hydrogens (tertiary/aromatic N) is 2. The summed E-state index contributed by atoms with van der Waals surface area (Å²) in [6, 6.07) is 5.99. The zero-order valence-electron chi connectivity index (χ0n) is 14.1. The van der Waals surface area contributed by atoms with Crippen molar-refractivity contribution in [3.05, 3.63) is 47.3 Å². The SMILES string of the molecule is Cc1cccc(C)c1NCC(=O)NC[C@](C)(O)c1cnn(C)c1. The van der Waals surface area contributed by atoms with Crippen LogP contribution in [0.15, 0.2) is 30.6 Å². The van der Waals surface area contributed by atoms with Gasteiger partial charge in [-0.05, 0) is 31.9 Å². The zero-order chi connectivity index (χ0) is 17.0. The van der Waals surface area contributed by atoms with Crippen molar-refractivity contribution in [2.75, 3.05) is 18.4 Å². The van der Waals surface area contributed by atoms with Gasteiger partial charge in [0, 0.05) is 24.5 Å². The Morgan fingerprint density at radius 3 is 2.57 bits per heavy atom. The van der Waals surface area contributed by atoms with Crippen LogP contribution in [0.25, 0.3) is 0 Å². The summed E-state index contributed by atoms with van der Waals surface area (Å²) >= 11 is 0. The van der Waals surface area contributed by atoms with Crippen LogP contribution in [0, 0.1) is 13.8 Å². The number of hydrogen-bond donors (Lipinski definition) is 3. The van der Waals surface area contributed by atoms with Gasteiger partial charge in [-0.3, -0.25) is 9.48 Å². The van der Waals surface area contributed by atoms with E-state index in [1.807, 2.05) is 32.0 Å². The highest BCUT2D eigenvalue weighted by atomic mass is 16.3. The van der Waals surface area contributed by atoms with E-state index in [0.29, 0.717) is 5.56 Å². The van der Waals surface area contributed by atoms with Crippen molar-refractivity contribution in [1.82, 2.24) is 15.1 Å². The Kier molecular flexibility index (Phi) is 5.05. The minimum absolute atomic E-state index is 0.131. The molecule has 2 rings (SSSR count). The van der Waals surface area contributed by atoms with Gasteiger partial charge in [0.2, 0.25) is 5.91 Å². The monoisotopic (exact) mass is 316 g/mol. The molecule has 124 valence electrons. The number of anilines is 1. The topological polar surface area (TPSA) is 79.2 Å². The summed E-state index contributed by atoms with van der Waals surface area (Å²) in [6.07, 6.45) is 3.34. The van der Waals surface area contributed by atoms with E-state index in [4.69, 9.17) is 0 Å². The van der Waals surface area contributed by atoms with E-state index in [1.165, 1.54) is 0 Å². The van der Waals surface area contributed by atoms with Crippen LogP contribution < -0.4 is 10.6 Å². The van der Waals surface area contributed by atoms with Crippen LogP contribution in [0.4, 0.5) is 5.69 Å². The lowest BCUT2D eigenvalue weighted by molar-refractivity contribution is -0.120. The van der Waals surface area contributed by atoms with Crippen LogP contribution >= 0.6 is 0 Å². The van der Waals surface area contributed by atoms with E-state index in [1.54, 1.807) is 31.0 Å². The molecule has 23 heavy (non-hydrogen) atoms. The molecule has 0 radical (unpaired) electrons. The van der Waals surface area contributed by atoms with E-state index in [-0.39, 0.29) is 19.0 Å². The maximum atomic E-state index is 12.0. The normalized spacial score (nSPS) is 13.4. The molecule has 0 saturated carbocycles. The number of para-hydroxylation sites is 1. The molecule has 6 heteroatoms. The first-order chi connectivity index (χ1) is 10.8. The number of aromatic nitrogens is 2. The number of rotatable bonds is 6. The Hall–Kier alpha value is -2.34. The Bertz CT molecular complexity index is 671. The summed E-state index contributed by atoms with van der Waals surface area (Å²) in [4.78, 5) is 12.0. The van der Waals surface area contributed by atoms with Crippen molar-refractivity contribution in [3.8, 4) is 0 Å². The number of nitrogens with one attached hydrogen (secondary N) is 2. The van der Waals surface area contributed by atoms with E-state index < -0.39 is 5.60 Å². The molecule has 0 fully saturated rings. The molecule has 0 bridgehead atoms. The van der Waals surface area contributed by atoms with Gasteiger partial charge in [-0.25, -0.2) is 0 Å². The van der Waals surface area contributed by atoms with Crippen LogP contribution in [0.1, 0.15) is 23.6 Å². The lowest BCUT2D eigenvalue weighted by atomic mass is 10.00. The Morgan fingerprint density at radius 2 is 2.00 bits per heavy atom. The molecule has 0 aliphatic heterocycles. The number of aryl methyl sites for hydroxylation is 3. The zero-order valence-corrected chi connectivity index (χ0v) is 14.1. The summed E-state index contributed by atoms with van der Waals surface area (Å²) in [5.41, 5.74) is 2.69. The largest absolute Gasteiger partial charge is 0.383 e. The molecule has 0 unspecified atom stereocenters. The Morgan fingerprint density at radius 1 is 1.35 bits per heavy atom. The average Bonchev–Trinajstić information content (AvgIpc) is 2.92. The number of amides is 1. The highest BCUT2D eigenvalue weighted by Gasteiger charge is 2.25. The van der Waals surface area contributed by atoms with Gasteiger partial charge < -0.3 is 15.7 Å². The standard InChI is InChI=1S/C17H24N4O2/c1-12-6-5-7-13(2)16(12)18-9-15(22)19-11-17(3,23)14-8-20-21(4)10-14/h5-8,10,18,23H,9,11H2,1-4H3,(H,19,22)/t17-/m0/s1. The van der Waals surface area contributed by atoms with Crippen LogP contribution in [0.3, 0.4) is 0 Å². The molecule has 1 amide bonds. The number of benzene rings is 1. The average molecular weight is 316 g/mol. The van der Waals surface area contributed by atoms with Gasteiger partial charge in [0.1, 0.15) is 5.60 Å². The van der Waals surface area contributed by atoms with Gasteiger partial charge >= 0.3 is 0 Å². The summed E-state index contributed by atoms with van der Waals surface area (Å²) in [5, 5.41) is 20.4. The van der Waals surface area contributed by atoms with E-state index >= 15 is 0 Å². The highest BCUT2D eigenvalue weighted by Crippen LogP contribution is 2.19. The van der Waals surface area contributed by atoms with Crippen LogP contribution in [0.5, 0.6) is 0 Å². The fourth-order valence-corrected chi connectivity index (χ4v) is 2.40. The molecule has 0 saturated heterocycles. The quantitative estimate of drug-likeness (QED) is 0.754. The maximum absolute atomic E-state index is 12.0. The molecule has 1 heterocycles. The summed E-state index contributed by atoms with van der Waals surface area (Å²) in [5.74, 6) is -0.170. The first-order valence-corrected chi connectivity index (χ1v) is 7.58. The molecule has 1 aromatic carbocycles. The first-order valence-electron chi connectivity index (χ1n) is 7.58. The maximum Gasteiger partial charge on any atom is 0.239 e. The fourth-order valence-electron chi connectivity index (χ4n) is 2.40. The predicted molar refractivity (Wildman–Crippen MR) is 90.2 cm³/mol. The lowest BCUT2D eigenvalue weighted by Crippen LogP contribution is -2.40. The molecule has 3 N–H and O–H groups in total. The summed E-state index contributed by atoms with van der Waals surface area (Å²) < 4.78 is 1.62. The third-order valence-corrected chi connectivity index (χ3v) is 3.86. The molecule has 0 spiro atoms. The first kappa shape index (κ1) is 17.0. The van der Waals surface area contributed by atoms with Crippen molar-refractivity contribution >= 4 is 11.6 Å². The highest BCUT2D eigenvalue weighted by molar-refractivity contribution is 5.81. The van der Waals surface area contributed by atoms with Gasteiger partial charge in [0.25, 0.3) is 0 Å². The van der Waals surface area contributed by atoms with Crippen molar-refractivity contribution in [2.24, 2.45) is 7.05 Å². The van der Waals surface area contributed by atoms with Gasteiger partial charge in [-0.1, -0.05) is 18.2 Å². The van der Waals surface area contributed by atoms with Crippen molar-refractivity contribution in [1.29, 1.82) is 0 Å². The van der Waals surface area contributed by atoms with E-state index in [0.717, 1.165) is 16.8 Å². The van der Waals surface area contributed by atoms with E-state index in [9.17, 15) is 9.90 Å². The molecule has 2 aromatic rings. The van der Waals surface area contributed by atoms with Gasteiger partial charge in [0.05, 0.1) is 19.3 Å². The number of aliphatic hydroxyl groups is 1. The third-order valence-electron chi connectivity index (χ3n) is 3.86. The minimum atomic E-state index is -1.15. The number of hydrogen-bond acceptors (Lipinski definition) is 4. The Balaban J connectivity index is 1.88. The van der Waals surface area contributed by atoms with Gasteiger partial charge in [0.15, 0.2) is 0 Å². The molecular weight excluding hydrogens is 292 g/mol. The van der Waals surface area contributed by atoms with Gasteiger partial charge in [-0.15, -0.1) is 0 Å². The Labute approximate surface area is 136 Å². The number of carbonyl (C=O) groups excluding carboxylic acids is 1. The van der Waals surface area contributed by atoms with Crippen molar-refractivity contribution < 1.29 is 9.90 Å². The summed E-state index contributed by atoms with van der Waals surface area (Å²) in [6.45, 7) is 5.95. The van der Waals surface area contributed by atoms with Crippen LogP contribution in [-0.4, -0.2) is 33.9 Å². The van der Waals surface area contributed by atoms with Crippen molar-refractivity contribution in [2.45, 2.75) is 26.4 Å². The second-order valence-corrected chi connectivity index (χ2v) is 6.07. The summed E-state index contributed by atoms with van der Waals surface area (Å²) in [7, 11) is 1.78. The molecule has 0 aliphatic rings.